The fourth-order valence-corrected chi connectivity index (χ4v) is 3.87. The Morgan fingerprint density at radius 3 is 2.50 bits per heavy atom. The van der Waals surface area contributed by atoms with Gasteiger partial charge in [-0.2, -0.15) is 5.26 Å². The summed E-state index contributed by atoms with van der Waals surface area (Å²) in [5, 5.41) is 18.5. The van der Waals surface area contributed by atoms with Crippen molar-refractivity contribution in [3.8, 4) is 6.07 Å². The SMILES string of the molecule is N#Cc1ccc(CS(=O)(=O)N[C@@H]2CCCC[C@H]2O)cc1. The Kier molecular flexibility index (Phi) is 4.76. The van der Waals surface area contributed by atoms with Crippen molar-refractivity contribution in [2.75, 3.05) is 0 Å². The average Bonchev–Trinajstić information content (AvgIpc) is 2.41. The first-order valence-corrected chi connectivity index (χ1v) is 8.32. The highest BCUT2D eigenvalue weighted by Crippen LogP contribution is 2.19. The summed E-state index contributed by atoms with van der Waals surface area (Å²) in [7, 11) is -3.48. The Labute approximate surface area is 119 Å². The molecule has 2 N–H and O–H groups in total. The van der Waals surface area contributed by atoms with Crippen LogP contribution in [0.25, 0.3) is 0 Å². The zero-order valence-electron chi connectivity index (χ0n) is 11.1. The molecular weight excluding hydrogens is 276 g/mol. The van der Waals surface area contributed by atoms with E-state index in [0.29, 0.717) is 24.0 Å². The van der Waals surface area contributed by atoms with Crippen LogP contribution >= 0.6 is 0 Å². The smallest absolute Gasteiger partial charge is 0.216 e. The summed E-state index contributed by atoms with van der Waals surface area (Å²) in [5.74, 6) is -0.137. The molecule has 0 aromatic heterocycles. The predicted octanol–water partition coefficient (Wildman–Crippen LogP) is 1.28. The van der Waals surface area contributed by atoms with Gasteiger partial charge >= 0.3 is 0 Å². The Hall–Kier alpha value is -1.42. The van der Waals surface area contributed by atoms with Crippen LogP contribution in [-0.2, 0) is 15.8 Å². The summed E-state index contributed by atoms with van der Waals surface area (Å²) in [6, 6.07) is 8.07. The van der Waals surface area contributed by atoms with Gasteiger partial charge in [-0.25, -0.2) is 13.1 Å². The van der Waals surface area contributed by atoms with Crippen molar-refractivity contribution in [1.82, 2.24) is 4.72 Å². The number of hydrogen-bond acceptors (Lipinski definition) is 4. The molecular formula is C14H18N2O3S. The monoisotopic (exact) mass is 294 g/mol. The van der Waals surface area contributed by atoms with Gasteiger partial charge in [-0.1, -0.05) is 25.0 Å². The van der Waals surface area contributed by atoms with E-state index in [1.807, 2.05) is 6.07 Å². The molecule has 2 rings (SSSR count). The lowest BCUT2D eigenvalue weighted by Crippen LogP contribution is -2.45. The zero-order valence-corrected chi connectivity index (χ0v) is 11.9. The normalized spacial score (nSPS) is 23.2. The average molecular weight is 294 g/mol. The topological polar surface area (TPSA) is 90.2 Å². The summed E-state index contributed by atoms with van der Waals surface area (Å²) in [6.07, 6.45) is 2.59. The van der Waals surface area contributed by atoms with Crippen LogP contribution in [0.4, 0.5) is 0 Å². The lowest BCUT2D eigenvalue weighted by Gasteiger charge is -2.28. The molecule has 20 heavy (non-hydrogen) atoms. The highest BCUT2D eigenvalue weighted by atomic mass is 32.2. The van der Waals surface area contributed by atoms with Gasteiger partial charge in [0.15, 0.2) is 0 Å². The molecule has 0 unspecified atom stereocenters. The summed E-state index contributed by atoms with van der Waals surface area (Å²) >= 11 is 0. The van der Waals surface area contributed by atoms with Gasteiger partial charge in [0.2, 0.25) is 10.0 Å². The van der Waals surface area contributed by atoms with E-state index in [1.54, 1.807) is 24.3 Å². The molecule has 0 radical (unpaired) electrons. The molecule has 1 aromatic carbocycles. The Bertz CT molecular complexity index is 590. The third kappa shape index (κ3) is 4.04. The third-order valence-electron chi connectivity index (χ3n) is 3.50. The maximum Gasteiger partial charge on any atom is 0.216 e. The molecule has 0 spiro atoms. The van der Waals surface area contributed by atoms with E-state index in [4.69, 9.17) is 5.26 Å². The first-order valence-electron chi connectivity index (χ1n) is 6.67. The van der Waals surface area contributed by atoms with Gasteiger partial charge in [-0.15, -0.1) is 0 Å². The van der Waals surface area contributed by atoms with Crippen molar-refractivity contribution in [2.24, 2.45) is 0 Å². The van der Waals surface area contributed by atoms with Crippen LogP contribution in [0.3, 0.4) is 0 Å². The molecule has 0 amide bonds. The van der Waals surface area contributed by atoms with E-state index in [1.165, 1.54) is 0 Å². The van der Waals surface area contributed by atoms with Crippen molar-refractivity contribution in [3.63, 3.8) is 0 Å². The molecule has 1 fully saturated rings. The maximum absolute atomic E-state index is 12.1. The molecule has 1 aromatic rings. The third-order valence-corrected chi connectivity index (χ3v) is 4.88. The molecule has 1 aliphatic carbocycles. The Morgan fingerprint density at radius 1 is 1.25 bits per heavy atom. The van der Waals surface area contributed by atoms with Crippen molar-refractivity contribution in [3.05, 3.63) is 35.4 Å². The molecule has 108 valence electrons. The molecule has 1 saturated carbocycles. The molecule has 0 heterocycles. The van der Waals surface area contributed by atoms with Gasteiger partial charge in [0.25, 0.3) is 0 Å². The number of aliphatic hydroxyl groups excluding tert-OH is 1. The summed E-state index contributed by atoms with van der Waals surface area (Å²) < 4.78 is 26.7. The van der Waals surface area contributed by atoms with Crippen molar-refractivity contribution >= 4 is 10.0 Å². The Balaban J connectivity index is 2.01. The molecule has 0 bridgehead atoms. The summed E-state index contributed by atoms with van der Waals surface area (Å²) in [4.78, 5) is 0. The quantitative estimate of drug-likeness (QED) is 0.875. The van der Waals surface area contributed by atoms with Crippen LogP contribution in [0.15, 0.2) is 24.3 Å². The van der Waals surface area contributed by atoms with Gasteiger partial charge in [0.05, 0.1) is 23.5 Å². The van der Waals surface area contributed by atoms with Crippen LogP contribution in [0.2, 0.25) is 0 Å². The number of hydrogen-bond donors (Lipinski definition) is 2. The van der Waals surface area contributed by atoms with E-state index in [9.17, 15) is 13.5 Å². The fourth-order valence-electron chi connectivity index (χ4n) is 2.42. The van der Waals surface area contributed by atoms with Crippen molar-refractivity contribution < 1.29 is 13.5 Å². The molecule has 2 atom stereocenters. The number of nitrogens with zero attached hydrogens (tertiary/aromatic N) is 1. The number of nitrogens with one attached hydrogen (secondary N) is 1. The minimum Gasteiger partial charge on any atom is -0.391 e. The van der Waals surface area contributed by atoms with Gasteiger partial charge in [0, 0.05) is 6.04 Å². The number of rotatable bonds is 4. The number of sulfonamides is 1. The van der Waals surface area contributed by atoms with E-state index in [-0.39, 0.29) is 11.8 Å². The number of benzene rings is 1. The van der Waals surface area contributed by atoms with Gasteiger partial charge in [-0.3, -0.25) is 0 Å². The highest BCUT2D eigenvalue weighted by molar-refractivity contribution is 7.88. The number of aliphatic hydroxyl groups is 1. The molecule has 0 saturated heterocycles. The highest BCUT2D eigenvalue weighted by Gasteiger charge is 2.27. The van der Waals surface area contributed by atoms with Crippen LogP contribution in [0.5, 0.6) is 0 Å². The van der Waals surface area contributed by atoms with Gasteiger partial charge in [0.1, 0.15) is 0 Å². The molecule has 0 aliphatic heterocycles. The second-order valence-electron chi connectivity index (χ2n) is 5.14. The van der Waals surface area contributed by atoms with Crippen molar-refractivity contribution in [2.45, 2.75) is 43.6 Å². The zero-order chi connectivity index (χ0) is 14.6. The molecule has 6 heteroatoms. The van der Waals surface area contributed by atoms with Crippen LogP contribution in [0, 0.1) is 11.3 Å². The summed E-state index contributed by atoms with van der Waals surface area (Å²) in [5.41, 5.74) is 1.13. The predicted molar refractivity (Wildman–Crippen MR) is 75.2 cm³/mol. The minimum absolute atomic E-state index is 0.137. The largest absolute Gasteiger partial charge is 0.391 e. The Morgan fingerprint density at radius 2 is 1.90 bits per heavy atom. The number of nitriles is 1. The van der Waals surface area contributed by atoms with Crippen LogP contribution < -0.4 is 4.72 Å². The lowest BCUT2D eigenvalue weighted by molar-refractivity contribution is 0.101. The lowest BCUT2D eigenvalue weighted by atomic mass is 9.93. The standard InChI is InChI=1S/C14H18N2O3S/c15-9-11-5-7-12(8-6-11)10-20(18,19)16-13-3-1-2-4-14(13)17/h5-8,13-14,16-17H,1-4,10H2/t13-,14-/m1/s1. The van der Waals surface area contributed by atoms with E-state index < -0.39 is 16.1 Å². The second-order valence-corrected chi connectivity index (χ2v) is 6.90. The van der Waals surface area contributed by atoms with Crippen molar-refractivity contribution in [1.29, 1.82) is 5.26 Å². The summed E-state index contributed by atoms with van der Waals surface area (Å²) in [6.45, 7) is 0. The molecule has 5 nitrogen and oxygen atoms in total. The van der Waals surface area contributed by atoms with Crippen LogP contribution in [0.1, 0.15) is 36.8 Å². The van der Waals surface area contributed by atoms with E-state index >= 15 is 0 Å². The minimum atomic E-state index is -3.48. The maximum atomic E-state index is 12.1. The van der Waals surface area contributed by atoms with Gasteiger partial charge in [-0.05, 0) is 30.5 Å². The van der Waals surface area contributed by atoms with E-state index in [2.05, 4.69) is 4.72 Å². The fraction of sp³-hybridized carbons (Fsp3) is 0.500. The second kappa shape index (κ2) is 6.35. The van der Waals surface area contributed by atoms with Gasteiger partial charge < -0.3 is 5.11 Å². The molecule has 1 aliphatic rings. The first kappa shape index (κ1) is 15.0. The van der Waals surface area contributed by atoms with Crippen LogP contribution in [-0.4, -0.2) is 25.7 Å². The first-order chi connectivity index (χ1) is 9.50. The van der Waals surface area contributed by atoms with E-state index in [0.717, 1.165) is 12.8 Å².